The highest BCUT2D eigenvalue weighted by molar-refractivity contribution is 9.10. The summed E-state index contributed by atoms with van der Waals surface area (Å²) in [6, 6.07) is 13.9. The van der Waals surface area contributed by atoms with Crippen molar-refractivity contribution in [3.63, 3.8) is 0 Å². The first-order valence-corrected chi connectivity index (χ1v) is 9.71. The molecule has 0 aromatic heterocycles. The Hall–Kier alpha value is -1.37. The fourth-order valence-corrected chi connectivity index (χ4v) is 3.69. The molecule has 1 atom stereocenters. The Morgan fingerprint density at radius 1 is 1.17 bits per heavy atom. The molecule has 0 aliphatic heterocycles. The molecular formula is C17H20BrNO3S. The third-order valence-electron chi connectivity index (χ3n) is 3.31. The minimum Gasteiger partial charge on any atom is -0.492 e. The van der Waals surface area contributed by atoms with E-state index in [0.717, 1.165) is 16.5 Å². The lowest BCUT2D eigenvalue weighted by Gasteiger charge is -2.15. The molecule has 0 unspecified atom stereocenters. The quantitative estimate of drug-likeness (QED) is 0.758. The molecule has 0 amide bonds. The molecule has 0 saturated heterocycles. The lowest BCUT2D eigenvalue weighted by atomic mass is 10.1. The number of halogens is 1. The lowest BCUT2D eigenvalue weighted by Crippen LogP contribution is -2.26. The first kappa shape index (κ1) is 18.0. The van der Waals surface area contributed by atoms with E-state index in [9.17, 15) is 8.42 Å². The first-order valence-electron chi connectivity index (χ1n) is 7.43. The number of ether oxygens (including phenoxy) is 1. The Kier molecular flexibility index (Phi) is 6.21. The van der Waals surface area contributed by atoms with E-state index in [0.29, 0.717) is 12.4 Å². The van der Waals surface area contributed by atoms with E-state index in [1.807, 2.05) is 44.2 Å². The molecule has 124 valence electrons. The van der Waals surface area contributed by atoms with Gasteiger partial charge in [-0.2, -0.15) is 0 Å². The topological polar surface area (TPSA) is 55.4 Å². The minimum atomic E-state index is -3.62. The Morgan fingerprint density at radius 3 is 2.52 bits per heavy atom. The number of benzene rings is 2. The van der Waals surface area contributed by atoms with Crippen LogP contribution in [0.1, 0.15) is 31.9 Å². The zero-order valence-electron chi connectivity index (χ0n) is 13.1. The van der Waals surface area contributed by atoms with Gasteiger partial charge < -0.3 is 4.74 Å². The average molecular weight is 398 g/mol. The van der Waals surface area contributed by atoms with E-state index in [1.54, 1.807) is 18.2 Å². The largest absolute Gasteiger partial charge is 0.492 e. The standard InChI is InChI=1S/C17H20BrNO3S/c1-3-11-22-17-12-15(9-10-16(17)18)23(20,21)19-13(2)14-7-5-4-6-8-14/h4-10,12-13,19H,3,11H2,1-2H3/t13-/m1/s1. The molecule has 0 spiro atoms. The van der Waals surface area contributed by atoms with Crippen molar-refractivity contribution in [2.75, 3.05) is 6.61 Å². The third kappa shape index (κ3) is 4.80. The Bertz CT molecular complexity index is 748. The summed E-state index contributed by atoms with van der Waals surface area (Å²) in [6.45, 7) is 4.35. The number of nitrogens with one attached hydrogen (secondary N) is 1. The van der Waals surface area contributed by atoms with Crippen LogP contribution in [0.2, 0.25) is 0 Å². The molecule has 2 aromatic carbocycles. The van der Waals surface area contributed by atoms with Crippen molar-refractivity contribution < 1.29 is 13.2 Å². The predicted octanol–water partition coefficient (Wildman–Crippen LogP) is 4.28. The second kappa shape index (κ2) is 7.95. The molecule has 2 aromatic rings. The van der Waals surface area contributed by atoms with E-state index >= 15 is 0 Å². The van der Waals surface area contributed by atoms with Gasteiger partial charge in [0.2, 0.25) is 10.0 Å². The molecular weight excluding hydrogens is 378 g/mol. The Balaban J connectivity index is 2.22. The van der Waals surface area contributed by atoms with Crippen molar-refractivity contribution in [2.45, 2.75) is 31.2 Å². The fraction of sp³-hybridized carbons (Fsp3) is 0.294. The molecule has 0 radical (unpaired) electrons. The van der Waals surface area contributed by atoms with Crippen LogP contribution in [0.4, 0.5) is 0 Å². The maximum atomic E-state index is 12.6. The summed E-state index contributed by atoms with van der Waals surface area (Å²) in [5, 5.41) is 0. The van der Waals surface area contributed by atoms with E-state index in [4.69, 9.17) is 4.74 Å². The normalized spacial score (nSPS) is 12.8. The molecule has 0 fully saturated rings. The molecule has 23 heavy (non-hydrogen) atoms. The van der Waals surface area contributed by atoms with E-state index in [2.05, 4.69) is 20.7 Å². The van der Waals surface area contributed by atoms with Gasteiger partial charge in [0.15, 0.2) is 0 Å². The fourth-order valence-electron chi connectivity index (χ4n) is 2.08. The Labute approximate surface area is 146 Å². The number of sulfonamides is 1. The number of hydrogen-bond acceptors (Lipinski definition) is 3. The van der Waals surface area contributed by atoms with Crippen molar-refractivity contribution in [1.29, 1.82) is 0 Å². The van der Waals surface area contributed by atoms with E-state index in [1.165, 1.54) is 0 Å². The van der Waals surface area contributed by atoms with Gasteiger partial charge in [-0.25, -0.2) is 13.1 Å². The summed E-state index contributed by atoms with van der Waals surface area (Å²) in [4.78, 5) is 0.189. The second-order valence-electron chi connectivity index (χ2n) is 5.19. The van der Waals surface area contributed by atoms with Crippen LogP contribution in [0.3, 0.4) is 0 Å². The van der Waals surface area contributed by atoms with Gasteiger partial charge in [-0.3, -0.25) is 0 Å². The first-order chi connectivity index (χ1) is 10.9. The monoisotopic (exact) mass is 397 g/mol. The lowest BCUT2D eigenvalue weighted by molar-refractivity contribution is 0.314. The van der Waals surface area contributed by atoms with Crippen LogP contribution in [-0.4, -0.2) is 15.0 Å². The molecule has 0 aliphatic rings. The van der Waals surface area contributed by atoms with Gasteiger partial charge in [0.25, 0.3) is 0 Å². The molecule has 0 bridgehead atoms. The van der Waals surface area contributed by atoms with Crippen molar-refractivity contribution in [3.05, 3.63) is 58.6 Å². The van der Waals surface area contributed by atoms with Crippen molar-refractivity contribution >= 4 is 26.0 Å². The third-order valence-corrected chi connectivity index (χ3v) is 5.50. The highest BCUT2D eigenvalue weighted by Gasteiger charge is 2.19. The summed E-state index contributed by atoms with van der Waals surface area (Å²) in [5.41, 5.74) is 0.913. The van der Waals surface area contributed by atoms with Gasteiger partial charge in [-0.05, 0) is 47.0 Å². The van der Waals surface area contributed by atoms with Gasteiger partial charge in [-0.1, -0.05) is 37.3 Å². The maximum absolute atomic E-state index is 12.6. The minimum absolute atomic E-state index is 0.189. The SMILES string of the molecule is CCCOc1cc(S(=O)(=O)N[C@H](C)c2ccccc2)ccc1Br. The van der Waals surface area contributed by atoms with Gasteiger partial charge >= 0.3 is 0 Å². The van der Waals surface area contributed by atoms with Crippen molar-refractivity contribution in [2.24, 2.45) is 0 Å². The van der Waals surface area contributed by atoms with Crippen LogP contribution >= 0.6 is 15.9 Å². The highest BCUT2D eigenvalue weighted by Crippen LogP contribution is 2.28. The summed E-state index contributed by atoms with van der Waals surface area (Å²) < 4.78 is 34.1. The highest BCUT2D eigenvalue weighted by atomic mass is 79.9. The van der Waals surface area contributed by atoms with Crippen molar-refractivity contribution in [3.8, 4) is 5.75 Å². The van der Waals surface area contributed by atoms with E-state index < -0.39 is 10.0 Å². The average Bonchev–Trinajstić information content (AvgIpc) is 2.54. The van der Waals surface area contributed by atoms with Gasteiger partial charge in [0.1, 0.15) is 5.75 Å². The summed E-state index contributed by atoms with van der Waals surface area (Å²) in [5.74, 6) is 0.530. The molecule has 0 heterocycles. The van der Waals surface area contributed by atoms with Gasteiger partial charge in [-0.15, -0.1) is 0 Å². The predicted molar refractivity (Wildman–Crippen MR) is 95.1 cm³/mol. The summed E-state index contributed by atoms with van der Waals surface area (Å²) in [7, 11) is -3.62. The second-order valence-corrected chi connectivity index (χ2v) is 7.76. The van der Waals surface area contributed by atoms with Crippen LogP contribution < -0.4 is 9.46 Å². The van der Waals surface area contributed by atoms with Crippen LogP contribution in [0.5, 0.6) is 5.75 Å². The molecule has 1 N–H and O–H groups in total. The molecule has 0 saturated carbocycles. The smallest absolute Gasteiger partial charge is 0.241 e. The molecule has 2 rings (SSSR count). The van der Waals surface area contributed by atoms with Crippen LogP contribution in [-0.2, 0) is 10.0 Å². The molecule has 4 nitrogen and oxygen atoms in total. The van der Waals surface area contributed by atoms with Crippen LogP contribution in [0.15, 0.2) is 57.9 Å². The molecule has 6 heteroatoms. The van der Waals surface area contributed by atoms with Crippen LogP contribution in [0.25, 0.3) is 0 Å². The molecule has 0 aliphatic carbocycles. The summed E-state index contributed by atoms with van der Waals surface area (Å²) >= 11 is 3.37. The van der Waals surface area contributed by atoms with Crippen LogP contribution in [0, 0.1) is 0 Å². The number of rotatable bonds is 7. The zero-order chi connectivity index (χ0) is 16.9. The van der Waals surface area contributed by atoms with Gasteiger partial charge in [0.05, 0.1) is 16.0 Å². The van der Waals surface area contributed by atoms with E-state index in [-0.39, 0.29) is 10.9 Å². The number of hydrogen-bond donors (Lipinski definition) is 1. The van der Waals surface area contributed by atoms with Crippen molar-refractivity contribution in [1.82, 2.24) is 4.72 Å². The maximum Gasteiger partial charge on any atom is 0.241 e. The Morgan fingerprint density at radius 2 is 1.87 bits per heavy atom. The van der Waals surface area contributed by atoms with Gasteiger partial charge in [0, 0.05) is 12.1 Å². The zero-order valence-corrected chi connectivity index (χ0v) is 15.5. The summed E-state index contributed by atoms with van der Waals surface area (Å²) in [6.07, 6.45) is 0.854.